The van der Waals surface area contributed by atoms with Crippen molar-refractivity contribution in [2.75, 3.05) is 6.61 Å². The molecule has 0 bridgehead atoms. The Bertz CT molecular complexity index is 574. The van der Waals surface area contributed by atoms with Crippen LogP contribution in [0.2, 0.25) is 0 Å². The van der Waals surface area contributed by atoms with Crippen molar-refractivity contribution in [3.8, 4) is 5.75 Å². The maximum atomic E-state index is 5.75. The molecule has 0 saturated heterocycles. The highest BCUT2D eigenvalue weighted by Crippen LogP contribution is 2.25. The van der Waals surface area contributed by atoms with Crippen molar-refractivity contribution < 1.29 is 4.74 Å². The van der Waals surface area contributed by atoms with Crippen molar-refractivity contribution in [2.24, 2.45) is 5.84 Å². The lowest BCUT2D eigenvalue weighted by Gasteiger charge is -2.18. The molecule has 0 aromatic heterocycles. The van der Waals surface area contributed by atoms with Gasteiger partial charge in [0.25, 0.3) is 0 Å². The molecule has 0 aliphatic heterocycles. The Hall–Kier alpha value is -1.36. The number of nitrogens with two attached hydrogens (primary N) is 1. The lowest BCUT2D eigenvalue weighted by Crippen LogP contribution is -2.29. The molecule has 1 atom stereocenters. The summed E-state index contributed by atoms with van der Waals surface area (Å²) in [4.78, 5) is 0. The highest BCUT2D eigenvalue weighted by Gasteiger charge is 2.13. The van der Waals surface area contributed by atoms with Crippen LogP contribution in [-0.2, 0) is 6.42 Å². The molecule has 4 heteroatoms. The van der Waals surface area contributed by atoms with E-state index in [0.717, 1.165) is 35.2 Å². The average molecular weight is 349 g/mol. The molecule has 0 spiro atoms. The number of rotatable bonds is 7. The Balaban J connectivity index is 2.15. The second kappa shape index (κ2) is 8.17. The molecule has 0 fully saturated rings. The molecule has 0 aliphatic rings. The van der Waals surface area contributed by atoms with Gasteiger partial charge >= 0.3 is 0 Å². The molecular weight excluding hydrogens is 328 g/mol. The number of nitrogens with one attached hydrogen (secondary N) is 1. The Morgan fingerprint density at radius 1 is 1.19 bits per heavy atom. The van der Waals surface area contributed by atoms with E-state index in [1.165, 1.54) is 5.56 Å². The number of ether oxygens (including phenoxy) is 1. The first-order chi connectivity index (χ1) is 10.2. The summed E-state index contributed by atoms with van der Waals surface area (Å²) < 4.78 is 6.79. The zero-order chi connectivity index (χ0) is 15.1. The smallest absolute Gasteiger partial charge is 0.119 e. The molecule has 0 heterocycles. The highest BCUT2D eigenvalue weighted by atomic mass is 79.9. The van der Waals surface area contributed by atoms with Crippen molar-refractivity contribution in [3.63, 3.8) is 0 Å². The quantitative estimate of drug-likeness (QED) is 0.587. The molecule has 0 aliphatic carbocycles. The molecule has 3 N–H and O–H groups in total. The van der Waals surface area contributed by atoms with Crippen LogP contribution < -0.4 is 16.0 Å². The second-order valence-corrected chi connectivity index (χ2v) is 5.79. The van der Waals surface area contributed by atoms with Crippen LogP contribution in [0.25, 0.3) is 0 Å². The second-order valence-electron chi connectivity index (χ2n) is 4.94. The molecule has 2 rings (SSSR count). The molecule has 21 heavy (non-hydrogen) atoms. The minimum Gasteiger partial charge on any atom is -0.494 e. The van der Waals surface area contributed by atoms with Gasteiger partial charge in [0.15, 0.2) is 0 Å². The number of hydrogen-bond donors (Lipinski definition) is 2. The van der Waals surface area contributed by atoms with Crippen LogP contribution in [-0.4, -0.2) is 6.61 Å². The fourth-order valence-electron chi connectivity index (χ4n) is 2.20. The van der Waals surface area contributed by atoms with Gasteiger partial charge < -0.3 is 4.74 Å². The SMILES string of the molecule is CCCOc1cccc(C(Cc2ccccc2Br)NN)c1. The summed E-state index contributed by atoms with van der Waals surface area (Å²) in [6, 6.07) is 16.4. The Morgan fingerprint density at radius 3 is 2.71 bits per heavy atom. The van der Waals surface area contributed by atoms with E-state index in [2.05, 4.69) is 46.5 Å². The molecule has 0 saturated carbocycles. The molecule has 1 unspecified atom stereocenters. The summed E-state index contributed by atoms with van der Waals surface area (Å²) in [7, 11) is 0. The summed E-state index contributed by atoms with van der Waals surface area (Å²) in [5, 5.41) is 0. The third kappa shape index (κ3) is 4.56. The van der Waals surface area contributed by atoms with E-state index >= 15 is 0 Å². The van der Waals surface area contributed by atoms with E-state index in [1.54, 1.807) is 0 Å². The normalized spacial score (nSPS) is 12.1. The van der Waals surface area contributed by atoms with E-state index in [9.17, 15) is 0 Å². The summed E-state index contributed by atoms with van der Waals surface area (Å²) in [5.74, 6) is 6.64. The van der Waals surface area contributed by atoms with Crippen LogP contribution in [0, 0.1) is 0 Å². The summed E-state index contributed by atoms with van der Waals surface area (Å²) in [6.07, 6.45) is 1.81. The van der Waals surface area contributed by atoms with Crippen LogP contribution in [0.4, 0.5) is 0 Å². The summed E-state index contributed by atoms with van der Waals surface area (Å²) in [6.45, 7) is 2.83. The molecule has 2 aromatic carbocycles. The molecule has 3 nitrogen and oxygen atoms in total. The van der Waals surface area contributed by atoms with Gasteiger partial charge in [-0.1, -0.05) is 53.2 Å². The fraction of sp³-hybridized carbons (Fsp3) is 0.294. The zero-order valence-electron chi connectivity index (χ0n) is 12.2. The van der Waals surface area contributed by atoms with Crippen LogP contribution in [0.1, 0.15) is 30.5 Å². The van der Waals surface area contributed by atoms with Crippen molar-refractivity contribution in [1.82, 2.24) is 5.43 Å². The number of hydrazine groups is 1. The van der Waals surface area contributed by atoms with Crippen molar-refractivity contribution in [1.29, 1.82) is 0 Å². The molecule has 112 valence electrons. The van der Waals surface area contributed by atoms with Gasteiger partial charge in [0.05, 0.1) is 12.6 Å². The van der Waals surface area contributed by atoms with Crippen molar-refractivity contribution in [2.45, 2.75) is 25.8 Å². The van der Waals surface area contributed by atoms with Gasteiger partial charge in [0.2, 0.25) is 0 Å². The maximum Gasteiger partial charge on any atom is 0.119 e. The van der Waals surface area contributed by atoms with Crippen molar-refractivity contribution >= 4 is 15.9 Å². The first-order valence-electron chi connectivity index (χ1n) is 7.17. The zero-order valence-corrected chi connectivity index (χ0v) is 13.8. The van der Waals surface area contributed by atoms with E-state index in [0.29, 0.717) is 0 Å². The van der Waals surface area contributed by atoms with Gasteiger partial charge in [0, 0.05) is 4.47 Å². The summed E-state index contributed by atoms with van der Waals surface area (Å²) >= 11 is 3.58. The molecule has 0 radical (unpaired) electrons. The molecule has 2 aromatic rings. The molecule has 0 amide bonds. The van der Waals surface area contributed by atoms with Gasteiger partial charge in [-0.05, 0) is 42.2 Å². The van der Waals surface area contributed by atoms with Crippen LogP contribution in [0.5, 0.6) is 5.75 Å². The Labute approximate surface area is 134 Å². The highest BCUT2D eigenvalue weighted by molar-refractivity contribution is 9.10. The fourth-order valence-corrected chi connectivity index (χ4v) is 2.64. The predicted octanol–water partition coefficient (Wildman–Crippen LogP) is 3.99. The minimum absolute atomic E-state index is 0.0499. The van der Waals surface area contributed by atoms with Crippen LogP contribution >= 0.6 is 15.9 Å². The Kier molecular flexibility index (Phi) is 6.23. The van der Waals surface area contributed by atoms with Gasteiger partial charge in [-0.25, -0.2) is 0 Å². The lowest BCUT2D eigenvalue weighted by atomic mass is 9.99. The van der Waals surface area contributed by atoms with Crippen molar-refractivity contribution in [3.05, 3.63) is 64.1 Å². The number of halogens is 1. The topological polar surface area (TPSA) is 47.3 Å². The largest absolute Gasteiger partial charge is 0.494 e. The van der Waals surface area contributed by atoms with Gasteiger partial charge in [-0.2, -0.15) is 0 Å². The van der Waals surface area contributed by atoms with Crippen LogP contribution in [0.15, 0.2) is 53.0 Å². The lowest BCUT2D eigenvalue weighted by molar-refractivity contribution is 0.316. The monoisotopic (exact) mass is 348 g/mol. The first-order valence-corrected chi connectivity index (χ1v) is 7.96. The summed E-state index contributed by atoms with van der Waals surface area (Å²) in [5.41, 5.74) is 5.25. The minimum atomic E-state index is 0.0499. The van der Waals surface area contributed by atoms with E-state index in [1.807, 2.05) is 30.3 Å². The third-order valence-corrected chi connectivity index (χ3v) is 4.09. The van der Waals surface area contributed by atoms with E-state index in [4.69, 9.17) is 10.6 Å². The third-order valence-electron chi connectivity index (χ3n) is 3.32. The molecular formula is C17H21BrN2O. The van der Waals surface area contributed by atoms with E-state index < -0.39 is 0 Å². The van der Waals surface area contributed by atoms with Gasteiger partial charge in [-0.3, -0.25) is 11.3 Å². The average Bonchev–Trinajstić information content (AvgIpc) is 2.52. The Morgan fingerprint density at radius 2 is 2.00 bits per heavy atom. The maximum absolute atomic E-state index is 5.75. The van der Waals surface area contributed by atoms with Crippen LogP contribution in [0.3, 0.4) is 0 Å². The van der Waals surface area contributed by atoms with E-state index in [-0.39, 0.29) is 6.04 Å². The van der Waals surface area contributed by atoms with Gasteiger partial charge in [-0.15, -0.1) is 0 Å². The standard InChI is InChI=1S/C17H21BrN2O/c1-2-10-21-15-8-5-7-14(11-15)17(20-19)12-13-6-3-4-9-16(13)18/h3-9,11,17,20H,2,10,12,19H2,1H3. The van der Waals surface area contributed by atoms with Gasteiger partial charge in [0.1, 0.15) is 5.75 Å². The first kappa shape index (κ1) is 16.0. The number of hydrogen-bond acceptors (Lipinski definition) is 3. The predicted molar refractivity (Wildman–Crippen MR) is 90.1 cm³/mol. The number of benzene rings is 2.